The molecule has 1 heterocycles. The summed E-state index contributed by atoms with van der Waals surface area (Å²) >= 11 is 7.82. The molecule has 130 valence electrons. The Morgan fingerprint density at radius 1 is 1.25 bits per heavy atom. The second-order valence-corrected chi connectivity index (χ2v) is 14.0. The number of hydrogen-bond acceptors (Lipinski definition) is 3. The lowest BCUT2D eigenvalue weighted by atomic mass is 10.1. The Morgan fingerprint density at radius 2 is 1.83 bits per heavy atom. The van der Waals surface area contributed by atoms with Gasteiger partial charge in [-0.1, -0.05) is 42.0 Å². The molecule has 0 N–H and O–H groups in total. The van der Waals surface area contributed by atoms with Gasteiger partial charge in [-0.25, -0.2) is 9.07 Å². The number of rotatable bonds is 4. The van der Waals surface area contributed by atoms with Crippen molar-refractivity contribution >= 4 is 36.6 Å². The molecule has 0 bridgehead atoms. The molecular weight excluding hydrogens is 363 g/mol. The van der Waals surface area contributed by atoms with Gasteiger partial charge >= 0.3 is 0 Å². The summed E-state index contributed by atoms with van der Waals surface area (Å²) in [5.74, 6) is -0.228. The van der Waals surface area contributed by atoms with Gasteiger partial charge < -0.3 is 0 Å². The summed E-state index contributed by atoms with van der Waals surface area (Å²) in [5, 5.41) is 6.48. The van der Waals surface area contributed by atoms with Gasteiger partial charge in [0.15, 0.2) is 0 Å². The first-order valence-electron chi connectivity index (χ1n) is 7.69. The van der Waals surface area contributed by atoms with Gasteiger partial charge in [0.05, 0.1) is 24.7 Å². The third-order valence-electron chi connectivity index (χ3n) is 3.74. The molecule has 0 aliphatic rings. The van der Waals surface area contributed by atoms with Crippen LogP contribution in [0.3, 0.4) is 0 Å². The van der Waals surface area contributed by atoms with Crippen LogP contribution in [-0.2, 0) is 5.54 Å². The smallest absolute Gasteiger partial charge is 0.266 e. The number of benzene rings is 1. The van der Waals surface area contributed by atoms with Crippen molar-refractivity contribution in [1.82, 2.24) is 9.78 Å². The largest absolute Gasteiger partial charge is 0.287 e. The molecule has 0 atom stereocenters. The molecule has 0 spiro atoms. The molecule has 2 aromatic rings. The Labute approximate surface area is 152 Å². The predicted molar refractivity (Wildman–Crippen MR) is 103 cm³/mol. The number of thioether (sulfide) groups is 1. The van der Waals surface area contributed by atoms with Gasteiger partial charge in [0.2, 0.25) is 0 Å². The van der Waals surface area contributed by atoms with E-state index in [4.69, 9.17) is 11.6 Å². The minimum absolute atomic E-state index is 0.217. The van der Waals surface area contributed by atoms with Gasteiger partial charge in [0.1, 0.15) is 10.8 Å². The standard InChI is InChI=1S/C17H22ClFN2OSSi/c1-17(2,3)21-16(22)15(18)14(10-20-21)23-11-24(4,5)13-8-6-12(19)7-9-13/h6-10H,11H2,1-5H3. The maximum Gasteiger partial charge on any atom is 0.287 e. The third-order valence-corrected chi connectivity index (χ3v) is 10.2. The molecule has 1 aromatic carbocycles. The maximum atomic E-state index is 13.1. The molecule has 7 heteroatoms. The Bertz CT molecular complexity index is 785. The molecule has 0 aliphatic heterocycles. The van der Waals surface area contributed by atoms with Gasteiger partial charge in [-0.2, -0.15) is 5.10 Å². The second-order valence-electron chi connectivity index (χ2n) is 7.39. The first-order valence-corrected chi connectivity index (χ1v) is 12.3. The summed E-state index contributed by atoms with van der Waals surface area (Å²) in [5.41, 5.74) is -0.679. The number of hydrogen-bond donors (Lipinski definition) is 0. The van der Waals surface area contributed by atoms with E-state index in [2.05, 4.69) is 18.2 Å². The van der Waals surface area contributed by atoms with E-state index in [-0.39, 0.29) is 16.4 Å². The van der Waals surface area contributed by atoms with E-state index in [9.17, 15) is 9.18 Å². The van der Waals surface area contributed by atoms with Crippen LogP contribution in [0.1, 0.15) is 20.8 Å². The highest BCUT2D eigenvalue weighted by Crippen LogP contribution is 2.27. The fourth-order valence-electron chi connectivity index (χ4n) is 2.24. The molecule has 0 radical (unpaired) electrons. The van der Waals surface area contributed by atoms with Crippen molar-refractivity contribution in [1.29, 1.82) is 0 Å². The summed E-state index contributed by atoms with van der Waals surface area (Å²) in [7, 11) is -1.77. The SMILES string of the molecule is CC(C)(C)n1ncc(SC[Si](C)(C)c2ccc(F)cc2)c(Cl)c1=O. The van der Waals surface area contributed by atoms with Crippen LogP contribution >= 0.6 is 23.4 Å². The van der Waals surface area contributed by atoms with Crippen LogP contribution in [0.5, 0.6) is 0 Å². The molecule has 0 fully saturated rings. The monoisotopic (exact) mass is 384 g/mol. The molecule has 0 aliphatic carbocycles. The Hall–Kier alpha value is -1.11. The van der Waals surface area contributed by atoms with E-state index in [1.807, 2.05) is 32.9 Å². The van der Waals surface area contributed by atoms with E-state index in [0.717, 1.165) is 5.38 Å². The van der Waals surface area contributed by atoms with E-state index in [0.29, 0.717) is 4.90 Å². The van der Waals surface area contributed by atoms with Crippen LogP contribution in [-0.4, -0.2) is 23.2 Å². The highest BCUT2D eigenvalue weighted by atomic mass is 35.5. The molecule has 2 rings (SSSR count). The van der Waals surface area contributed by atoms with Crippen molar-refractivity contribution in [2.45, 2.75) is 44.3 Å². The summed E-state index contributed by atoms with van der Waals surface area (Å²) in [4.78, 5) is 13.1. The lowest BCUT2D eigenvalue weighted by Gasteiger charge is -2.24. The minimum atomic E-state index is -1.77. The lowest BCUT2D eigenvalue weighted by Crippen LogP contribution is -2.44. The molecule has 0 amide bonds. The van der Waals surface area contributed by atoms with E-state index in [1.165, 1.54) is 22.0 Å². The van der Waals surface area contributed by atoms with Crippen LogP contribution in [0.25, 0.3) is 0 Å². The first kappa shape index (κ1) is 19.2. The summed E-state index contributed by atoms with van der Waals surface area (Å²) in [6.45, 7) is 10.2. The summed E-state index contributed by atoms with van der Waals surface area (Å²) in [6, 6.07) is 6.68. The zero-order valence-corrected chi connectivity index (χ0v) is 17.1. The van der Waals surface area contributed by atoms with Gasteiger partial charge in [0.25, 0.3) is 5.56 Å². The first-order chi connectivity index (χ1) is 11.0. The molecule has 0 unspecified atom stereocenters. The molecule has 24 heavy (non-hydrogen) atoms. The quantitative estimate of drug-likeness (QED) is 0.589. The number of nitrogens with zero attached hydrogens (tertiary/aromatic N) is 2. The van der Waals surface area contributed by atoms with Gasteiger partial charge in [-0.3, -0.25) is 4.79 Å². The lowest BCUT2D eigenvalue weighted by molar-refractivity contribution is 0.336. The van der Waals surface area contributed by atoms with Crippen molar-refractivity contribution in [3.63, 3.8) is 0 Å². The second kappa shape index (κ2) is 7.02. The van der Waals surface area contributed by atoms with Gasteiger partial charge in [-0.05, 0) is 38.3 Å². The normalized spacial score (nSPS) is 12.5. The van der Waals surface area contributed by atoms with Crippen molar-refractivity contribution in [2.24, 2.45) is 0 Å². The molecule has 0 saturated carbocycles. The Kier molecular flexibility index (Phi) is 5.62. The molecular formula is C17H22ClFN2OSSi. The van der Waals surface area contributed by atoms with Crippen LogP contribution in [0.15, 0.2) is 40.2 Å². The fourth-order valence-corrected chi connectivity index (χ4v) is 6.67. The van der Waals surface area contributed by atoms with Crippen molar-refractivity contribution in [2.75, 3.05) is 5.38 Å². The van der Waals surface area contributed by atoms with Crippen LogP contribution in [0, 0.1) is 5.82 Å². The van der Waals surface area contributed by atoms with Crippen LogP contribution in [0.2, 0.25) is 18.1 Å². The minimum Gasteiger partial charge on any atom is -0.266 e. The molecule has 0 saturated heterocycles. The zero-order valence-electron chi connectivity index (χ0n) is 14.6. The van der Waals surface area contributed by atoms with Crippen molar-refractivity contribution in [3.8, 4) is 0 Å². The summed E-state index contributed by atoms with van der Waals surface area (Å²) in [6.07, 6.45) is 1.66. The fraction of sp³-hybridized carbons (Fsp3) is 0.412. The van der Waals surface area contributed by atoms with E-state index in [1.54, 1.807) is 18.0 Å². The Morgan fingerprint density at radius 3 is 2.38 bits per heavy atom. The molecule has 3 nitrogen and oxygen atoms in total. The topological polar surface area (TPSA) is 34.9 Å². The third kappa shape index (κ3) is 4.29. The van der Waals surface area contributed by atoms with Crippen molar-refractivity contribution < 1.29 is 4.39 Å². The number of halogens is 2. The maximum absolute atomic E-state index is 13.1. The van der Waals surface area contributed by atoms with Crippen LogP contribution < -0.4 is 10.7 Å². The summed E-state index contributed by atoms with van der Waals surface area (Å²) < 4.78 is 14.5. The average molecular weight is 385 g/mol. The van der Waals surface area contributed by atoms with E-state index >= 15 is 0 Å². The number of aromatic nitrogens is 2. The molecule has 1 aromatic heterocycles. The highest BCUT2D eigenvalue weighted by Gasteiger charge is 2.25. The van der Waals surface area contributed by atoms with Crippen molar-refractivity contribution in [3.05, 3.63) is 51.7 Å². The predicted octanol–water partition coefficient (Wildman–Crippen LogP) is 4.04. The van der Waals surface area contributed by atoms with Gasteiger partial charge in [-0.15, -0.1) is 11.8 Å². The average Bonchev–Trinajstić information content (AvgIpc) is 2.48. The van der Waals surface area contributed by atoms with Crippen LogP contribution in [0.4, 0.5) is 4.39 Å². The highest BCUT2D eigenvalue weighted by molar-refractivity contribution is 8.01. The van der Waals surface area contributed by atoms with E-state index < -0.39 is 13.6 Å². The Balaban J connectivity index is 2.22. The zero-order chi connectivity index (χ0) is 18.1. The van der Waals surface area contributed by atoms with Gasteiger partial charge in [0, 0.05) is 0 Å².